The van der Waals surface area contributed by atoms with Crippen LogP contribution in [0.4, 0.5) is 5.69 Å². The average molecular weight is 252 g/mol. The van der Waals surface area contributed by atoms with Gasteiger partial charge in [-0.2, -0.15) is 0 Å². The second-order valence-corrected chi connectivity index (χ2v) is 4.19. The molecule has 0 bridgehead atoms. The Morgan fingerprint density at radius 3 is 2.89 bits per heavy atom. The first-order valence-electron chi connectivity index (χ1n) is 5.87. The molecule has 0 saturated heterocycles. The van der Waals surface area contributed by atoms with Gasteiger partial charge in [-0.25, -0.2) is 0 Å². The van der Waals surface area contributed by atoms with Crippen LogP contribution in [0.5, 0.6) is 0 Å². The number of carbonyl (C=O) groups is 1. The fourth-order valence-corrected chi connectivity index (χ4v) is 1.41. The van der Waals surface area contributed by atoms with Crippen molar-refractivity contribution in [2.45, 2.75) is 26.9 Å². The number of aryl methyl sites for hydroxylation is 1. The Morgan fingerprint density at radius 1 is 1.56 bits per heavy atom. The Morgan fingerprint density at radius 2 is 2.28 bits per heavy atom. The quantitative estimate of drug-likeness (QED) is 0.396. The summed E-state index contributed by atoms with van der Waals surface area (Å²) in [6, 6.07) is 1.72. The highest BCUT2D eigenvalue weighted by Crippen LogP contribution is 2.13. The van der Waals surface area contributed by atoms with Crippen LogP contribution in [0.15, 0.2) is 12.3 Å². The first kappa shape index (κ1) is 14.4. The molecule has 0 atom stereocenters. The molecule has 1 rings (SSSR count). The minimum Gasteiger partial charge on any atom is -0.377 e. The van der Waals surface area contributed by atoms with Crippen LogP contribution in [0.1, 0.15) is 29.9 Å². The number of amides is 1. The SMILES string of the molecule is Cc1cc(NN)c(C(=O)NCCOC(C)C)cn1. The monoisotopic (exact) mass is 252 g/mol. The van der Waals surface area contributed by atoms with Gasteiger partial charge < -0.3 is 15.5 Å². The van der Waals surface area contributed by atoms with Crippen molar-refractivity contribution in [3.63, 3.8) is 0 Å². The summed E-state index contributed by atoms with van der Waals surface area (Å²) in [6.45, 7) is 6.66. The summed E-state index contributed by atoms with van der Waals surface area (Å²) in [5.41, 5.74) is 4.27. The number of pyridine rings is 1. The number of hydrazine groups is 1. The topological polar surface area (TPSA) is 89.3 Å². The molecule has 0 radical (unpaired) electrons. The lowest BCUT2D eigenvalue weighted by Gasteiger charge is -2.11. The fraction of sp³-hybridized carbons (Fsp3) is 0.500. The van der Waals surface area contributed by atoms with Crippen LogP contribution < -0.4 is 16.6 Å². The summed E-state index contributed by atoms with van der Waals surface area (Å²) in [4.78, 5) is 16.0. The molecule has 0 aliphatic carbocycles. The van der Waals surface area contributed by atoms with Gasteiger partial charge in [-0.05, 0) is 26.8 Å². The predicted molar refractivity (Wildman–Crippen MR) is 70.2 cm³/mol. The van der Waals surface area contributed by atoms with Gasteiger partial charge in [0.1, 0.15) is 0 Å². The molecular formula is C12H20N4O2. The van der Waals surface area contributed by atoms with Crippen LogP contribution in [-0.2, 0) is 4.74 Å². The van der Waals surface area contributed by atoms with Crippen LogP contribution in [-0.4, -0.2) is 30.1 Å². The zero-order valence-electron chi connectivity index (χ0n) is 11.0. The molecule has 1 aromatic heterocycles. The van der Waals surface area contributed by atoms with Crippen LogP contribution >= 0.6 is 0 Å². The number of nitrogens with two attached hydrogens (primary N) is 1. The minimum absolute atomic E-state index is 0.157. The molecule has 18 heavy (non-hydrogen) atoms. The average Bonchev–Trinajstić information content (AvgIpc) is 2.33. The van der Waals surface area contributed by atoms with Gasteiger partial charge in [-0.15, -0.1) is 0 Å². The third-order valence-corrected chi connectivity index (χ3v) is 2.28. The maximum absolute atomic E-state index is 11.9. The molecule has 1 aromatic rings. The van der Waals surface area contributed by atoms with Crippen molar-refractivity contribution < 1.29 is 9.53 Å². The van der Waals surface area contributed by atoms with E-state index in [9.17, 15) is 4.79 Å². The van der Waals surface area contributed by atoms with Crippen LogP contribution in [0.25, 0.3) is 0 Å². The molecule has 6 nitrogen and oxygen atoms in total. The smallest absolute Gasteiger partial charge is 0.255 e. The van der Waals surface area contributed by atoms with E-state index in [1.54, 1.807) is 6.07 Å². The highest BCUT2D eigenvalue weighted by molar-refractivity contribution is 5.99. The van der Waals surface area contributed by atoms with E-state index in [1.807, 2.05) is 20.8 Å². The number of ether oxygens (including phenoxy) is 1. The zero-order chi connectivity index (χ0) is 13.5. The molecule has 0 saturated carbocycles. The molecule has 4 N–H and O–H groups in total. The Kier molecular flexibility index (Phi) is 5.54. The molecule has 1 heterocycles. The molecule has 0 aromatic carbocycles. The lowest BCUT2D eigenvalue weighted by Crippen LogP contribution is -2.29. The molecule has 6 heteroatoms. The maximum Gasteiger partial charge on any atom is 0.255 e. The van der Waals surface area contributed by atoms with Crippen molar-refractivity contribution in [1.29, 1.82) is 0 Å². The normalized spacial score (nSPS) is 10.5. The van der Waals surface area contributed by atoms with Gasteiger partial charge in [-0.3, -0.25) is 15.6 Å². The van der Waals surface area contributed by atoms with E-state index in [0.29, 0.717) is 24.4 Å². The molecule has 0 aliphatic rings. The van der Waals surface area contributed by atoms with Gasteiger partial charge in [-0.1, -0.05) is 0 Å². The summed E-state index contributed by atoms with van der Waals surface area (Å²) < 4.78 is 5.33. The standard InChI is InChI=1S/C12H20N4O2/c1-8(2)18-5-4-14-12(17)10-7-15-9(3)6-11(10)16-13/h6-8H,4-5,13H2,1-3H3,(H,14,17)(H,15,16). The lowest BCUT2D eigenvalue weighted by molar-refractivity contribution is 0.0747. The van der Waals surface area contributed by atoms with E-state index in [0.717, 1.165) is 5.69 Å². The largest absolute Gasteiger partial charge is 0.377 e. The molecule has 1 amide bonds. The molecule has 0 unspecified atom stereocenters. The number of carbonyl (C=O) groups excluding carboxylic acids is 1. The van der Waals surface area contributed by atoms with Crippen LogP contribution in [0, 0.1) is 6.92 Å². The summed E-state index contributed by atoms with van der Waals surface area (Å²) in [5, 5.41) is 2.75. The van der Waals surface area contributed by atoms with Crippen molar-refractivity contribution in [2.24, 2.45) is 5.84 Å². The first-order chi connectivity index (χ1) is 8.54. The highest BCUT2D eigenvalue weighted by Gasteiger charge is 2.11. The second kappa shape index (κ2) is 6.93. The van der Waals surface area contributed by atoms with Gasteiger partial charge in [0.15, 0.2) is 0 Å². The number of anilines is 1. The number of nitrogen functional groups attached to an aromatic ring is 1. The minimum atomic E-state index is -0.220. The van der Waals surface area contributed by atoms with Gasteiger partial charge >= 0.3 is 0 Å². The maximum atomic E-state index is 11.9. The number of nitrogens with one attached hydrogen (secondary N) is 2. The Balaban J connectivity index is 2.56. The van der Waals surface area contributed by atoms with Crippen molar-refractivity contribution in [2.75, 3.05) is 18.6 Å². The van der Waals surface area contributed by atoms with Crippen LogP contribution in [0.2, 0.25) is 0 Å². The van der Waals surface area contributed by atoms with Gasteiger partial charge in [0, 0.05) is 18.4 Å². The van der Waals surface area contributed by atoms with Crippen molar-refractivity contribution >= 4 is 11.6 Å². The number of hydrogen-bond acceptors (Lipinski definition) is 5. The van der Waals surface area contributed by atoms with Gasteiger partial charge in [0.05, 0.1) is 24.0 Å². The van der Waals surface area contributed by atoms with Crippen molar-refractivity contribution in [3.05, 3.63) is 23.5 Å². The van der Waals surface area contributed by atoms with Crippen molar-refractivity contribution in [1.82, 2.24) is 10.3 Å². The van der Waals surface area contributed by atoms with E-state index in [4.69, 9.17) is 10.6 Å². The fourth-order valence-electron chi connectivity index (χ4n) is 1.41. The van der Waals surface area contributed by atoms with Gasteiger partial charge in [0.25, 0.3) is 5.91 Å². The summed E-state index contributed by atoms with van der Waals surface area (Å²) >= 11 is 0. The molecular weight excluding hydrogens is 232 g/mol. The summed E-state index contributed by atoms with van der Waals surface area (Å²) in [5.74, 6) is 5.15. The summed E-state index contributed by atoms with van der Waals surface area (Å²) in [7, 11) is 0. The Hall–Kier alpha value is -1.66. The van der Waals surface area contributed by atoms with Crippen LogP contribution in [0.3, 0.4) is 0 Å². The number of nitrogens with zero attached hydrogens (tertiary/aromatic N) is 1. The predicted octanol–water partition coefficient (Wildman–Crippen LogP) is 0.830. The lowest BCUT2D eigenvalue weighted by atomic mass is 10.2. The van der Waals surface area contributed by atoms with E-state index < -0.39 is 0 Å². The Labute approximate surface area is 107 Å². The van der Waals surface area contributed by atoms with E-state index in [1.165, 1.54) is 6.20 Å². The second-order valence-electron chi connectivity index (χ2n) is 4.19. The van der Waals surface area contributed by atoms with E-state index >= 15 is 0 Å². The summed E-state index contributed by atoms with van der Waals surface area (Å²) in [6.07, 6.45) is 1.66. The highest BCUT2D eigenvalue weighted by atomic mass is 16.5. The molecule has 100 valence electrons. The first-order valence-corrected chi connectivity index (χ1v) is 5.87. The third kappa shape index (κ3) is 4.31. The van der Waals surface area contributed by atoms with Crippen molar-refractivity contribution in [3.8, 4) is 0 Å². The molecule has 0 aliphatic heterocycles. The van der Waals surface area contributed by atoms with E-state index in [2.05, 4.69) is 15.7 Å². The molecule has 0 fully saturated rings. The number of rotatable bonds is 6. The number of hydrogen-bond donors (Lipinski definition) is 3. The molecule has 0 spiro atoms. The number of aromatic nitrogens is 1. The Bertz CT molecular complexity index is 407. The van der Waals surface area contributed by atoms with Gasteiger partial charge in [0.2, 0.25) is 0 Å². The van der Waals surface area contributed by atoms with E-state index in [-0.39, 0.29) is 12.0 Å². The zero-order valence-corrected chi connectivity index (χ0v) is 11.0. The third-order valence-electron chi connectivity index (χ3n) is 2.28.